The van der Waals surface area contributed by atoms with E-state index < -0.39 is 0 Å². The zero-order valence-corrected chi connectivity index (χ0v) is 7.82. The molecule has 1 rings (SSSR count). The maximum absolute atomic E-state index is 5.93. The first-order valence-electron chi connectivity index (χ1n) is 4.04. The van der Waals surface area contributed by atoms with Crippen LogP contribution >= 0.6 is 11.6 Å². The van der Waals surface area contributed by atoms with Gasteiger partial charge >= 0.3 is 0 Å². The van der Waals surface area contributed by atoms with Gasteiger partial charge in [0, 0.05) is 5.88 Å². The SMILES string of the molecule is C=C(C)CC1(CCl)CC=CC1. The van der Waals surface area contributed by atoms with Gasteiger partial charge in [-0.05, 0) is 31.6 Å². The molecule has 0 unspecified atom stereocenters. The molecule has 0 amide bonds. The Hall–Kier alpha value is -0.230. The topological polar surface area (TPSA) is 0 Å². The molecule has 0 aromatic heterocycles. The van der Waals surface area contributed by atoms with E-state index in [1.807, 2.05) is 0 Å². The van der Waals surface area contributed by atoms with Gasteiger partial charge in [-0.25, -0.2) is 0 Å². The molecule has 0 aromatic rings. The summed E-state index contributed by atoms with van der Waals surface area (Å²) in [5, 5.41) is 0. The summed E-state index contributed by atoms with van der Waals surface area (Å²) in [5.41, 5.74) is 1.56. The number of hydrogen-bond acceptors (Lipinski definition) is 0. The minimum absolute atomic E-state index is 0.313. The molecule has 0 saturated carbocycles. The summed E-state index contributed by atoms with van der Waals surface area (Å²) < 4.78 is 0. The fraction of sp³-hybridized carbons (Fsp3) is 0.600. The van der Waals surface area contributed by atoms with Crippen molar-refractivity contribution in [3.8, 4) is 0 Å². The summed E-state index contributed by atoms with van der Waals surface area (Å²) in [6, 6.07) is 0. The Morgan fingerprint density at radius 2 is 2.09 bits per heavy atom. The minimum atomic E-state index is 0.313. The summed E-state index contributed by atoms with van der Waals surface area (Å²) in [6.45, 7) is 6.00. The van der Waals surface area contributed by atoms with Crippen molar-refractivity contribution in [3.63, 3.8) is 0 Å². The Kier molecular flexibility index (Phi) is 2.78. The summed E-state index contributed by atoms with van der Waals surface area (Å²) in [6.07, 6.45) is 7.78. The van der Waals surface area contributed by atoms with Crippen LogP contribution in [0.25, 0.3) is 0 Å². The van der Waals surface area contributed by atoms with Gasteiger partial charge in [-0.3, -0.25) is 0 Å². The molecule has 62 valence electrons. The molecule has 0 heterocycles. The molecule has 0 fully saturated rings. The van der Waals surface area contributed by atoms with Crippen LogP contribution in [0.2, 0.25) is 0 Å². The summed E-state index contributed by atoms with van der Waals surface area (Å²) in [7, 11) is 0. The summed E-state index contributed by atoms with van der Waals surface area (Å²) in [5.74, 6) is 0.757. The van der Waals surface area contributed by atoms with Crippen LogP contribution in [0, 0.1) is 5.41 Å². The van der Waals surface area contributed by atoms with Crippen molar-refractivity contribution in [2.45, 2.75) is 26.2 Å². The van der Waals surface area contributed by atoms with Crippen LogP contribution in [-0.2, 0) is 0 Å². The van der Waals surface area contributed by atoms with E-state index in [1.165, 1.54) is 5.57 Å². The van der Waals surface area contributed by atoms with Crippen LogP contribution in [0.1, 0.15) is 26.2 Å². The number of rotatable bonds is 3. The molecule has 0 aromatic carbocycles. The van der Waals surface area contributed by atoms with Gasteiger partial charge in [0.2, 0.25) is 0 Å². The predicted octanol–water partition coefficient (Wildman–Crippen LogP) is 3.53. The smallest absolute Gasteiger partial charge is 0.0289 e. The first-order valence-corrected chi connectivity index (χ1v) is 4.57. The number of hydrogen-bond donors (Lipinski definition) is 0. The molecule has 11 heavy (non-hydrogen) atoms. The van der Waals surface area contributed by atoms with Gasteiger partial charge in [0.05, 0.1) is 0 Å². The number of alkyl halides is 1. The van der Waals surface area contributed by atoms with E-state index in [0.717, 1.165) is 25.1 Å². The monoisotopic (exact) mass is 170 g/mol. The van der Waals surface area contributed by atoms with Crippen LogP contribution in [-0.4, -0.2) is 5.88 Å². The molecular formula is C10H15Cl. The summed E-state index contributed by atoms with van der Waals surface area (Å²) >= 11 is 5.93. The molecule has 0 saturated heterocycles. The Balaban J connectivity index is 2.54. The zero-order valence-electron chi connectivity index (χ0n) is 7.07. The molecule has 0 atom stereocenters. The lowest BCUT2D eigenvalue weighted by Gasteiger charge is -2.26. The number of halogens is 1. The van der Waals surface area contributed by atoms with Crippen molar-refractivity contribution in [1.82, 2.24) is 0 Å². The second-order valence-electron chi connectivity index (χ2n) is 3.65. The van der Waals surface area contributed by atoms with Crippen molar-refractivity contribution in [1.29, 1.82) is 0 Å². The van der Waals surface area contributed by atoms with E-state index in [4.69, 9.17) is 11.6 Å². The second-order valence-corrected chi connectivity index (χ2v) is 3.91. The Bertz CT molecular complexity index is 171. The van der Waals surface area contributed by atoms with Gasteiger partial charge in [0.1, 0.15) is 0 Å². The highest BCUT2D eigenvalue weighted by atomic mass is 35.5. The first-order chi connectivity index (χ1) is 5.18. The van der Waals surface area contributed by atoms with Crippen molar-refractivity contribution in [3.05, 3.63) is 24.3 Å². The molecule has 0 spiro atoms. The summed E-state index contributed by atoms with van der Waals surface area (Å²) in [4.78, 5) is 0. The Labute approximate surface area is 73.9 Å². The van der Waals surface area contributed by atoms with Crippen molar-refractivity contribution in [2.75, 3.05) is 5.88 Å². The molecule has 0 N–H and O–H groups in total. The highest BCUT2D eigenvalue weighted by Gasteiger charge is 2.29. The molecule has 1 heteroatoms. The molecule has 0 nitrogen and oxygen atoms in total. The molecular weight excluding hydrogens is 156 g/mol. The lowest BCUT2D eigenvalue weighted by Crippen LogP contribution is -2.18. The van der Waals surface area contributed by atoms with Gasteiger partial charge in [0.25, 0.3) is 0 Å². The minimum Gasteiger partial charge on any atom is -0.126 e. The van der Waals surface area contributed by atoms with E-state index in [2.05, 4.69) is 25.7 Å². The van der Waals surface area contributed by atoms with Crippen LogP contribution < -0.4 is 0 Å². The highest BCUT2D eigenvalue weighted by molar-refractivity contribution is 6.18. The Morgan fingerprint density at radius 1 is 1.55 bits per heavy atom. The van der Waals surface area contributed by atoms with E-state index in [0.29, 0.717) is 5.41 Å². The van der Waals surface area contributed by atoms with Crippen molar-refractivity contribution >= 4 is 11.6 Å². The van der Waals surface area contributed by atoms with Gasteiger partial charge in [-0.2, -0.15) is 0 Å². The van der Waals surface area contributed by atoms with E-state index in [9.17, 15) is 0 Å². The zero-order chi connectivity index (χ0) is 8.32. The maximum Gasteiger partial charge on any atom is 0.0289 e. The number of allylic oxidation sites excluding steroid dienone is 3. The lowest BCUT2D eigenvalue weighted by molar-refractivity contribution is 0.355. The van der Waals surface area contributed by atoms with Gasteiger partial charge in [-0.15, -0.1) is 18.2 Å². The van der Waals surface area contributed by atoms with Crippen LogP contribution in [0.15, 0.2) is 24.3 Å². The van der Waals surface area contributed by atoms with E-state index in [-0.39, 0.29) is 0 Å². The average Bonchev–Trinajstić information content (AvgIpc) is 2.36. The maximum atomic E-state index is 5.93. The van der Waals surface area contributed by atoms with Gasteiger partial charge in [-0.1, -0.05) is 17.7 Å². The normalized spacial score (nSPS) is 20.5. The van der Waals surface area contributed by atoms with Crippen LogP contribution in [0.5, 0.6) is 0 Å². The lowest BCUT2D eigenvalue weighted by atomic mass is 9.82. The van der Waals surface area contributed by atoms with Crippen LogP contribution in [0.3, 0.4) is 0 Å². The first kappa shape index (κ1) is 8.86. The quantitative estimate of drug-likeness (QED) is 0.449. The third kappa shape index (κ3) is 2.10. The average molecular weight is 171 g/mol. The van der Waals surface area contributed by atoms with Gasteiger partial charge < -0.3 is 0 Å². The highest BCUT2D eigenvalue weighted by Crippen LogP contribution is 2.39. The predicted molar refractivity (Wildman–Crippen MR) is 51.0 cm³/mol. The standard InChI is InChI=1S/C10H15Cl/c1-9(2)7-10(8-11)5-3-4-6-10/h3-4H,1,5-8H2,2H3. The molecule has 0 aliphatic heterocycles. The molecule has 1 aliphatic carbocycles. The van der Waals surface area contributed by atoms with Crippen molar-refractivity contribution in [2.24, 2.45) is 5.41 Å². The molecule has 0 bridgehead atoms. The van der Waals surface area contributed by atoms with Crippen molar-refractivity contribution < 1.29 is 0 Å². The molecule has 1 aliphatic rings. The second kappa shape index (κ2) is 3.44. The van der Waals surface area contributed by atoms with Gasteiger partial charge in [0.15, 0.2) is 0 Å². The molecule has 0 radical (unpaired) electrons. The third-order valence-corrected chi connectivity index (χ3v) is 2.80. The van der Waals surface area contributed by atoms with Crippen LogP contribution in [0.4, 0.5) is 0 Å². The fourth-order valence-corrected chi connectivity index (χ4v) is 2.00. The third-order valence-electron chi connectivity index (χ3n) is 2.23. The largest absolute Gasteiger partial charge is 0.126 e. The van der Waals surface area contributed by atoms with E-state index >= 15 is 0 Å². The fourth-order valence-electron chi connectivity index (χ4n) is 1.69. The Morgan fingerprint density at radius 3 is 2.45 bits per heavy atom. The van der Waals surface area contributed by atoms with E-state index in [1.54, 1.807) is 0 Å².